The van der Waals surface area contributed by atoms with Crippen LogP contribution in [0.2, 0.25) is 23.2 Å². The van der Waals surface area contributed by atoms with E-state index in [1.165, 1.54) is 0 Å². The summed E-state index contributed by atoms with van der Waals surface area (Å²) in [4.78, 5) is 14.3. The molecule has 1 saturated heterocycles. The summed E-state index contributed by atoms with van der Waals surface area (Å²) in [5, 5.41) is 9.46. The third kappa shape index (κ3) is 3.51. The van der Waals surface area contributed by atoms with Gasteiger partial charge in [-0.05, 0) is 43.3 Å². The van der Waals surface area contributed by atoms with Gasteiger partial charge in [0, 0.05) is 5.69 Å². The maximum atomic E-state index is 12.6. The van der Waals surface area contributed by atoms with E-state index < -0.39 is 8.32 Å². The fourth-order valence-corrected chi connectivity index (χ4v) is 4.26. The summed E-state index contributed by atoms with van der Waals surface area (Å²) in [6, 6.07) is 7.09. The molecule has 2 unspecified atom stereocenters. The molecule has 0 saturated carbocycles. The first kappa shape index (κ1) is 19.0. The summed E-state index contributed by atoms with van der Waals surface area (Å²) < 4.78 is 6.46. The highest BCUT2D eigenvalue weighted by molar-refractivity contribution is 6.74. The average Bonchev–Trinajstić information content (AvgIpc) is 2.71. The molecule has 0 aliphatic carbocycles. The summed E-state index contributed by atoms with van der Waals surface area (Å²) in [5.74, 6) is 0.0342. The minimum absolute atomic E-state index is 0.0342. The van der Waals surface area contributed by atoms with Gasteiger partial charge in [-0.15, -0.1) is 0 Å². The van der Waals surface area contributed by atoms with Crippen molar-refractivity contribution in [2.45, 2.75) is 64.4 Å². The van der Waals surface area contributed by atoms with Crippen molar-refractivity contribution >= 4 is 31.5 Å². The van der Waals surface area contributed by atoms with Crippen molar-refractivity contribution in [3.05, 3.63) is 28.8 Å². The SMILES string of the molecule is CC1C(O[Si](C)(C)C(C)(C)C)CC(=O)N1c1ccc(C#N)c(Cl)c1. The van der Waals surface area contributed by atoms with Gasteiger partial charge in [-0.2, -0.15) is 5.26 Å². The van der Waals surface area contributed by atoms with Crippen LogP contribution in [-0.4, -0.2) is 26.4 Å². The summed E-state index contributed by atoms with van der Waals surface area (Å²) in [6.45, 7) is 13.0. The highest BCUT2D eigenvalue weighted by Gasteiger charge is 2.45. The van der Waals surface area contributed by atoms with E-state index >= 15 is 0 Å². The van der Waals surface area contributed by atoms with E-state index in [0.29, 0.717) is 17.0 Å². The van der Waals surface area contributed by atoms with Crippen LogP contribution in [0.4, 0.5) is 5.69 Å². The van der Waals surface area contributed by atoms with Gasteiger partial charge < -0.3 is 9.33 Å². The lowest BCUT2D eigenvalue weighted by atomic mass is 10.1. The van der Waals surface area contributed by atoms with Gasteiger partial charge in [0.1, 0.15) is 6.07 Å². The van der Waals surface area contributed by atoms with Gasteiger partial charge in [0.25, 0.3) is 0 Å². The van der Waals surface area contributed by atoms with Crippen LogP contribution in [0.5, 0.6) is 0 Å². The molecule has 2 atom stereocenters. The molecule has 2 rings (SSSR count). The van der Waals surface area contributed by atoms with Gasteiger partial charge in [-0.3, -0.25) is 4.79 Å². The smallest absolute Gasteiger partial charge is 0.229 e. The summed E-state index contributed by atoms with van der Waals surface area (Å²) in [5.41, 5.74) is 1.13. The zero-order valence-electron chi connectivity index (χ0n) is 15.2. The Hall–Kier alpha value is -1.35. The number of hydrogen-bond acceptors (Lipinski definition) is 3. The number of nitriles is 1. The zero-order chi connectivity index (χ0) is 18.3. The normalized spacial score (nSPS) is 21.9. The number of carbonyl (C=O) groups is 1. The van der Waals surface area contributed by atoms with E-state index in [1.807, 2.05) is 13.0 Å². The second-order valence-corrected chi connectivity index (χ2v) is 13.1. The summed E-state index contributed by atoms with van der Waals surface area (Å²) in [6.07, 6.45) is 0.262. The van der Waals surface area contributed by atoms with Gasteiger partial charge in [0.05, 0.1) is 29.2 Å². The van der Waals surface area contributed by atoms with E-state index in [2.05, 4.69) is 33.9 Å². The third-order valence-corrected chi connectivity index (χ3v) is 10.0. The number of nitrogens with zero attached hydrogens (tertiary/aromatic N) is 2. The van der Waals surface area contributed by atoms with E-state index in [4.69, 9.17) is 21.3 Å². The van der Waals surface area contributed by atoms with Gasteiger partial charge in [0.2, 0.25) is 5.91 Å². The van der Waals surface area contributed by atoms with Crippen molar-refractivity contribution in [2.75, 3.05) is 4.90 Å². The number of hydrogen-bond donors (Lipinski definition) is 0. The molecular weight excluding hydrogens is 340 g/mol. The molecule has 4 nitrogen and oxygen atoms in total. The van der Waals surface area contributed by atoms with Crippen molar-refractivity contribution in [1.29, 1.82) is 5.26 Å². The molecule has 130 valence electrons. The summed E-state index contributed by atoms with van der Waals surface area (Å²) >= 11 is 6.12. The molecular formula is C18H25ClN2O2Si. The third-order valence-electron chi connectivity index (χ3n) is 5.19. The highest BCUT2D eigenvalue weighted by Crippen LogP contribution is 2.40. The minimum atomic E-state index is -1.95. The Labute approximate surface area is 150 Å². The number of halogens is 1. The molecule has 6 heteroatoms. The first-order valence-electron chi connectivity index (χ1n) is 8.17. The second-order valence-electron chi connectivity index (χ2n) is 7.90. The molecule has 1 aliphatic rings. The van der Waals surface area contributed by atoms with Gasteiger partial charge in [-0.1, -0.05) is 32.4 Å². The average molecular weight is 365 g/mol. The topological polar surface area (TPSA) is 53.3 Å². The maximum Gasteiger partial charge on any atom is 0.229 e. The predicted octanol–water partition coefficient (Wildman–Crippen LogP) is 4.73. The molecule has 0 N–H and O–H groups in total. The van der Waals surface area contributed by atoms with Crippen LogP contribution in [0.3, 0.4) is 0 Å². The van der Waals surface area contributed by atoms with Crippen LogP contribution in [-0.2, 0) is 9.22 Å². The quantitative estimate of drug-likeness (QED) is 0.728. The monoisotopic (exact) mass is 364 g/mol. The van der Waals surface area contributed by atoms with E-state index in [9.17, 15) is 4.79 Å². The molecule has 1 fully saturated rings. The fourth-order valence-electron chi connectivity index (χ4n) is 2.65. The standard InChI is InChI=1S/C18H25ClN2O2Si/c1-12-16(23-24(5,6)18(2,3)4)10-17(22)21(12)14-8-7-13(11-20)15(19)9-14/h7-9,12,16H,10H2,1-6H3. The van der Waals surface area contributed by atoms with Crippen molar-refractivity contribution < 1.29 is 9.22 Å². The van der Waals surface area contributed by atoms with Gasteiger partial charge >= 0.3 is 0 Å². The largest absolute Gasteiger partial charge is 0.411 e. The lowest BCUT2D eigenvalue weighted by Crippen LogP contribution is -2.47. The van der Waals surface area contributed by atoms with E-state index in [1.54, 1.807) is 23.1 Å². The summed E-state index contributed by atoms with van der Waals surface area (Å²) in [7, 11) is -1.95. The molecule has 1 amide bonds. The van der Waals surface area contributed by atoms with Crippen molar-refractivity contribution in [1.82, 2.24) is 0 Å². The Morgan fingerprint density at radius 3 is 2.50 bits per heavy atom. The van der Waals surface area contributed by atoms with Crippen LogP contribution in [0.25, 0.3) is 0 Å². The zero-order valence-corrected chi connectivity index (χ0v) is 16.9. The first-order valence-corrected chi connectivity index (χ1v) is 11.5. The Kier molecular flexibility index (Phi) is 5.15. The molecule has 0 bridgehead atoms. The number of amides is 1. The molecule has 0 radical (unpaired) electrons. The molecule has 1 aromatic rings. The fraction of sp³-hybridized carbons (Fsp3) is 0.556. The Bertz CT molecular complexity index is 691. The first-order chi connectivity index (χ1) is 11.0. The molecule has 1 heterocycles. The van der Waals surface area contributed by atoms with Crippen LogP contribution in [0.15, 0.2) is 18.2 Å². The van der Waals surface area contributed by atoms with Crippen LogP contribution in [0, 0.1) is 11.3 Å². The van der Waals surface area contributed by atoms with Crippen molar-refractivity contribution in [3.8, 4) is 6.07 Å². The number of rotatable bonds is 3. The molecule has 1 aliphatic heterocycles. The van der Waals surface area contributed by atoms with Crippen molar-refractivity contribution in [2.24, 2.45) is 0 Å². The van der Waals surface area contributed by atoms with Crippen LogP contribution >= 0.6 is 11.6 Å². The van der Waals surface area contributed by atoms with Crippen LogP contribution in [0.1, 0.15) is 39.7 Å². The van der Waals surface area contributed by atoms with Gasteiger partial charge in [0.15, 0.2) is 8.32 Å². The van der Waals surface area contributed by atoms with Crippen molar-refractivity contribution in [3.63, 3.8) is 0 Å². The molecule has 0 aromatic heterocycles. The highest BCUT2D eigenvalue weighted by atomic mass is 35.5. The van der Waals surface area contributed by atoms with Gasteiger partial charge in [-0.25, -0.2) is 0 Å². The Morgan fingerprint density at radius 1 is 1.38 bits per heavy atom. The Morgan fingerprint density at radius 2 is 2.00 bits per heavy atom. The lowest BCUT2D eigenvalue weighted by molar-refractivity contribution is -0.117. The van der Waals surface area contributed by atoms with E-state index in [0.717, 1.165) is 5.69 Å². The number of carbonyl (C=O) groups excluding carboxylic acids is 1. The Balaban J connectivity index is 2.25. The van der Waals surface area contributed by atoms with Crippen LogP contribution < -0.4 is 4.90 Å². The van der Waals surface area contributed by atoms with E-state index in [-0.39, 0.29) is 23.1 Å². The molecule has 1 aromatic carbocycles. The molecule has 0 spiro atoms. The second kappa shape index (κ2) is 6.51. The molecule has 24 heavy (non-hydrogen) atoms. The minimum Gasteiger partial charge on any atom is -0.411 e. The number of benzene rings is 1. The predicted molar refractivity (Wildman–Crippen MR) is 99.8 cm³/mol. The lowest BCUT2D eigenvalue weighted by Gasteiger charge is -2.39. The number of anilines is 1. The maximum absolute atomic E-state index is 12.6.